The Morgan fingerprint density at radius 1 is 1.40 bits per heavy atom. The summed E-state index contributed by atoms with van der Waals surface area (Å²) in [5.74, 6) is -2.05. The summed E-state index contributed by atoms with van der Waals surface area (Å²) in [5, 5.41) is 9.18. The minimum atomic E-state index is -1.22. The van der Waals surface area contributed by atoms with Gasteiger partial charge in [-0.15, -0.1) is 0 Å². The topological polar surface area (TPSA) is 63.3 Å². The summed E-state index contributed by atoms with van der Waals surface area (Å²) in [5.41, 5.74) is -0.102. The van der Waals surface area contributed by atoms with Gasteiger partial charge in [-0.25, -0.2) is 14.2 Å². The van der Waals surface area contributed by atoms with E-state index >= 15 is 0 Å². The van der Waals surface area contributed by atoms with Crippen LogP contribution in [0.2, 0.25) is 0 Å². The zero-order valence-electron chi connectivity index (χ0n) is 11.2. The Bertz CT molecular complexity index is 674. The number of oxazole rings is 1. The number of aromatic nitrogens is 1. The predicted octanol–water partition coefficient (Wildman–Crippen LogP) is 4.24. The number of carboxylic acids is 1. The van der Waals surface area contributed by atoms with Crippen molar-refractivity contribution in [2.75, 3.05) is 0 Å². The molecule has 4 nitrogen and oxygen atoms in total. The molecular weight excluding hydrogens is 329 g/mol. The van der Waals surface area contributed by atoms with Crippen molar-refractivity contribution in [2.45, 2.75) is 26.2 Å². The Balaban J connectivity index is 2.65. The first-order chi connectivity index (χ1) is 9.21. The molecule has 0 bridgehead atoms. The van der Waals surface area contributed by atoms with Gasteiger partial charge < -0.3 is 9.52 Å². The fraction of sp³-hybridized carbons (Fsp3) is 0.286. The van der Waals surface area contributed by atoms with Crippen molar-refractivity contribution >= 4 is 21.9 Å². The molecule has 1 N–H and O–H groups in total. The standard InChI is InChI=1S/C14H13BrFNO3/c1-14(2,3)11-10(13(18)19)20-12(17-11)7-5-4-6-8(15)9(7)16/h4-6H,1-3H3,(H,18,19). The Kier molecular flexibility index (Phi) is 3.69. The summed E-state index contributed by atoms with van der Waals surface area (Å²) in [7, 11) is 0. The lowest BCUT2D eigenvalue weighted by Gasteiger charge is -2.14. The van der Waals surface area contributed by atoms with Gasteiger partial charge in [0.05, 0.1) is 10.0 Å². The van der Waals surface area contributed by atoms with Gasteiger partial charge in [0.1, 0.15) is 11.5 Å². The normalized spacial score (nSPS) is 11.7. The second-order valence-corrected chi connectivity index (χ2v) is 6.21. The highest BCUT2D eigenvalue weighted by molar-refractivity contribution is 9.10. The van der Waals surface area contributed by atoms with Crippen LogP contribution < -0.4 is 0 Å². The predicted molar refractivity (Wildman–Crippen MR) is 75.3 cm³/mol. The smallest absolute Gasteiger partial charge is 0.373 e. The monoisotopic (exact) mass is 341 g/mol. The molecule has 1 aromatic carbocycles. The summed E-state index contributed by atoms with van der Waals surface area (Å²) in [6.45, 7) is 5.45. The highest BCUT2D eigenvalue weighted by Crippen LogP contribution is 2.32. The Hall–Kier alpha value is -1.69. The van der Waals surface area contributed by atoms with Crippen LogP contribution in [0.5, 0.6) is 0 Å². The molecule has 0 atom stereocenters. The van der Waals surface area contributed by atoms with Gasteiger partial charge in [-0.05, 0) is 28.1 Å². The van der Waals surface area contributed by atoms with Crippen LogP contribution in [0.1, 0.15) is 37.0 Å². The molecule has 0 amide bonds. The van der Waals surface area contributed by atoms with Gasteiger partial charge in [-0.1, -0.05) is 26.8 Å². The molecule has 1 aromatic heterocycles. The van der Waals surface area contributed by atoms with E-state index in [1.54, 1.807) is 12.1 Å². The fourth-order valence-corrected chi connectivity index (χ4v) is 2.12. The Morgan fingerprint density at radius 3 is 2.55 bits per heavy atom. The van der Waals surface area contributed by atoms with Gasteiger partial charge in [-0.3, -0.25) is 0 Å². The van der Waals surface area contributed by atoms with Crippen LogP contribution in [-0.2, 0) is 5.41 Å². The van der Waals surface area contributed by atoms with E-state index in [1.807, 2.05) is 20.8 Å². The molecule has 2 aromatic rings. The third-order valence-electron chi connectivity index (χ3n) is 2.71. The SMILES string of the molecule is CC(C)(C)c1nc(-c2cccc(Br)c2F)oc1C(=O)O. The zero-order chi connectivity index (χ0) is 15.1. The van der Waals surface area contributed by atoms with E-state index < -0.39 is 17.2 Å². The largest absolute Gasteiger partial charge is 0.475 e. The third kappa shape index (κ3) is 2.60. The minimum absolute atomic E-state index is 0.0360. The lowest BCUT2D eigenvalue weighted by molar-refractivity contribution is 0.0659. The van der Waals surface area contributed by atoms with E-state index in [9.17, 15) is 14.3 Å². The van der Waals surface area contributed by atoms with Crippen LogP contribution in [0.3, 0.4) is 0 Å². The lowest BCUT2D eigenvalue weighted by atomic mass is 9.91. The number of carboxylic acid groups (broad SMARTS) is 1. The van der Waals surface area contributed by atoms with Gasteiger partial charge >= 0.3 is 5.97 Å². The Morgan fingerprint density at radius 2 is 2.05 bits per heavy atom. The number of aromatic carboxylic acids is 1. The molecular formula is C14H13BrFNO3. The number of halogens is 2. The average Bonchev–Trinajstić information content (AvgIpc) is 2.77. The minimum Gasteiger partial charge on any atom is -0.475 e. The second kappa shape index (κ2) is 5.01. The van der Waals surface area contributed by atoms with Crippen LogP contribution in [-0.4, -0.2) is 16.1 Å². The van der Waals surface area contributed by atoms with Crippen molar-refractivity contribution in [1.82, 2.24) is 4.98 Å². The summed E-state index contributed by atoms with van der Waals surface area (Å²) in [4.78, 5) is 15.4. The lowest BCUT2D eigenvalue weighted by Crippen LogP contribution is -2.16. The van der Waals surface area contributed by atoms with Gasteiger partial charge in [0.2, 0.25) is 11.7 Å². The van der Waals surface area contributed by atoms with Crippen LogP contribution in [0.25, 0.3) is 11.5 Å². The van der Waals surface area contributed by atoms with E-state index in [0.29, 0.717) is 5.69 Å². The number of hydrogen-bond donors (Lipinski definition) is 1. The number of rotatable bonds is 2. The maximum atomic E-state index is 14.0. The molecule has 0 fully saturated rings. The summed E-state index contributed by atoms with van der Waals surface area (Å²) >= 11 is 3.08. The first kappa shape index (κ1) is 14.7. The molecule has 0 aliphatic heterocycles. The van der Waals surface area contributed by atoms with Gasteiger partial charge in [0.25, 0.3) is 0 Å². The summed E-state index contributed by atoms with van der Waals surface area (Å²) in [6.07, 6.45) is 0. The van der Waals surface area contributed by atoms with Crippen LogP contribution >= 0.6 is 15.9 Å². The Labute approximate surface area is 123 Å². The third-order valence-corrected chi connectivity index (χ3v) is 3.33. The highest BCUT2D eigenvalue weighted by Gasteiger charge is 2.30. The molecule has 2 rings (SSSR count). The van der Waals surface area contributed by atoms with Crippen molar-refractivity contribution in [3.8, 4) is 11.5 Å². The van der Waals surface area contributed by atoms with Crippen molar-refractivity contribution in [3.63, 3.8) is 0 Å². The maximum Gasteiger partial charge on any atom is 0.373 e. The molecule has 20 heavy (non-hydrogen) atoms. The summed E-state index contributed by atoms with van der Waals surface area (Å²) < 4.78 is 19.6. The number of nitrogens with zero attached hydrogens (tertiary/aromatic N) is 1. The fourth-order valence-electron chi connectivity index (χ4n) is 1.76. The van der Waals surface area contributed by atoms with E-state index in [0.717, 1.165) is 0 Å². The van der Waals surface area contributed by atoms with Crippen molar-refractivity contribution < 1.29 is 18.7 Å². The molecule has 6 heteroatoms. The number of carbonyl (C=O) groups is 1. The molecule has 0 radical (unpaired) electrons. The van der Waals surface area contributed by atoms with E-state index in [2.05, 4.69) is 20.9 Å². The van der Waals surface area contributed by atoms with Crippen molar-refractivity contribution in [1.29, 1.82) is 0 Å². The van der Waals surface area contributed by atoms with Crippen LogP contribution in [0, 0.1) is 5.82 Å². The van der Waals surface area contributed by atoms with Gasteiger partial charge in [-0.2, -0.15) is 0 Å². The number of benzene rings is 1. The quantitative estimate of drug-likeness (QED) is 0.887. The molecule has 0 spiro atoms. The number of hydrogen-bond acceptors (Lipinski definition) is 3. The molecule has 0 unspecified atom stereocenters. The molecule has 0 saturated heterocycles. The van der Waals surface area contributed by atoms with Gasteiger partial charge in [0, 0.05) is 5.41 Å². The van der Waals surface area contributed by atoms with Crippen molar-refractivity contribution in [3.05, 3.63) is 39.9 Å². The molecule has 0 saturated carbocycles. The first-order valence-electron chi connectivity index (χ1n) is 5.91. The maximum absolute atomic E-state index is 14.0. The van der Waals surface area contributed by atoms with Crippen LogP contribution in [0.15, 0.2) is 27.1 Å². The average molecular weight is 342 g/mol. The van der Waals surface area contributed by atoms with Crippen LogP contribution in [0.4, 0.5) is 4.39 Å². The molecule has 1 heterocycles. The summed E-state index contributed by atoms with van der Waals surface area (Å²) in [6, 6.07) is 4.67. The second-order valence-electron chi connectivity index (χ2n) is 5.35. The van der Waals surface area contributed by atoms with E-state index in [1.165, 1.54) is 6.07 Å². The van der Waals surface area contributed by atoms with Gasteiger partial charge in [0.15, 0.2) is 0 Å². The molecule has 0 aliphatic carbocycles. The molecule has 106 valence electrons. The molecule has 0 aliphatic rings. The zero-order valence-corrected chi connectivity index (χ0v) is 12.8. The first-order valence-corrected chi connectivity index (χ1v) is 6.70. The van der Waals surface area contributed by atoms with E-state index in [4.69, 9.17) is 4.42 Å². The van der Waals surface area contributed by atoms with E-state index in [-0.39, 0.29) is 21.7 Å². The van der Waals surface area contributed by atoms with Crippen molar-refractivity contribution in [2.24, 2.45) is 0 Å². The highest BCUT2D eigenvalue weighted by atomic mass is 79.9.